The van der Waals surface area contributed by atoms with E-state index in [1.165, 1.54) is 0 Å². The number of carboxylic acids is 1. The molecule has 0 aliphatic rings. The molecule has 0 fully saturated rings. The molecule has 2 aromatic rings. The molecule has 0 amide bonds. The molecule has 0 aliphatic carbocycles. The van der Waals surface area contributed by atoms with Gasteiger partial charge < -0.3 is 10.1 Å². The minimum absolute atomic E-state index is 0.379. The predicted molar refractivity (Wildman–Crippen MR) is 63.8 cm³/mol. The maximum Gasteiger partial charge on any atom is 0.306 e. The van der Waals surface area contributed by atoms with Crippen molar-refractivity contribution < 1.29 is 9.90 Å². The lowest BCUT2D eigenvalue weighted by Gasteiger charge is -2.06. The lowest BCUT2D eigenvalue weighted by atomic mass is 10.0. The van der Waals surface area contributed by atoms with Crippen LogP contribution in [-0.4, -0.2) is 16.1 Å². The van der Waals surface area contributed by atoms with Crippen LogP contribution < -0.4 is 0 Å². The van der Waals surface area contributed by atoms with E-state index in [2.05, 4.69) is 4.98 Å². The zero-order chi connectivity index (χ0) is 11.7. The van der Waals surface area contributed by atoms with Crippen molar-refractivity contribution in [2.75, 3.05) is 0 Å². The van der Waals surface area contributed by atoms with Crippen molar-refractivity contribution in [2.24, 2.45) is 5.92 Å². The first kappa shape index (κ1) is 11.0. The summed E-state index contributed by atoms with van der Waals surface area (Å²) in [6.45, 7) is 1.70. The molecule has 1 atom stereocenters. The van der Waals surface area contributed by atoms with Gasteiger partial charge in [-0.2, -0.15) is 0 Å². The molecule has 0 saturated heterocycles. The quantitative estimate of drug-likeness (QED) is 0.862. The molecule has 3 nitrogen and oxygen atoms in total. The minimum Gasteiger partial charge on any atom is -0.481 e. The fourth-order valence-electron chi connectivity index (χ4n) is 1.70. The van der Waals surface area contributed by atoms with E-state index in [9.17, 15) is 4.79 Å². The van der Waals surface area contributed by atoms with Crippen LogP contribution in [0, 0.1) is 5.92 Å². The second-order valence-electron chi connectivity index (χ2n) is 3.96. The predicted octanol–water partition coefficient (Wildman–Crippen LogP) is 3.08. The van der Waals surface area contributed by atoms with Crippen LogP contribution in [0.2, 0.25) is 5.02 Å². The maximum absolute atomic E-state index is 10.8. The molecule has 0 spiro atoms. The van der Waals surface area contributed by atoms with Gasteiger partial charge in [0.25, 0.3) is 0 Å². The van der Waals surface area contributed by atoms with Gasteiger partial charge in [-0.15, -0.1) is 0 Å². The van der Waals surface area contributed by atoms with Crippen LogP contribution in [0.5, 0.6) is 0 Å². The molecule has 1 aromatic heterocycles. The van der Waals surface area contributed by atoms with Crippen molar-refractivity contribution in [2.45, 2.75) is 13.3 Å². The van der Waals surface area contributed by atoms with Crippen molar-refractivity contribution >= 4 is 28.5 Å². The third-order valence-electron chi connectivity index (χ3n) is 2.66. The number of halogens is 1. The van der Waals surface area contributed by atoms with E-state index in [0.29, 0.717) is 11.4 Å². The lowest BCUT2D eigenvalue weighted by Crippen LogP contribution is -2.12. The SMILES string of the molecule is CC(Cc1ccc2[nH]cc(Cl)c2c1)C(=O)O. The van der Waals surface area contributed by atoms with Gasteiger partial charge >= 0.3 is 5.97 Å². The standard InChI is InChI=1S/C12H12ClNO2/c1-7(12(15)16)4-8-2-3-11-9(5-8)10(13)6-14-11/h2-3,5-7,14H,4H2,1H3,(H,15,16). The highest BCUT2D eigenvalue weighted by Crippen LogP contribution is 2.24. The minimum atomic E-state index is -0.778. The Kier molecular flexibility index (Phi) is 2.88. The molecule has 2 rings (SSSR count). The smallest absolute Gasteiger partial charge is 0.306 e. The van der Waals surface area contributed by atoms with Crippen molar-refractivity contribution in [1.29, 1.82) is 0 Å². The maximum atomic E-state index is 10.8. The Bertz CT molecular complexity index is 533. The summed E-state index contributed by atoms with van der Waals surface area (Å²) in [5.41, 5.74) is 1.96. The number of carbonyl (C=O) groups is 1. The molecular formula is C12H12ClNO2. The highest BCUT2D eigenvalue weighted by molar-refractivity contribution is 6.35. The summed E-state index contributed by atoms with van der Waals surface area (Å²) in [5, 5.41) is 10.4. The summed E-state index contributed by atoms with van der Waals surface area (Å²) in [5.74, 6) is -1.16. The zero-order valence-corrected chi connectivity index (χ0v) is 9.58. The molecule has 0 bridgehead atoms. The van der Waals surface area contributed by atoms with Gasteiger partial charge in [0.2, 0.25) is 0 Å². The van der Waals surface area contributed by atoms with Crippen molar-refractivity contribution in [3.63, 3.8) is 0 Å². The lowest BCUT2D eigenvalue weighted by molar-refractivity contribution is -0.141. The molecular weight excluding hydrogens is 226 g/mol. The molecule has 2 N–H and O–H groups in total. The molecule has 16 heavy (non-hydrogen) atoms. The van der Waals surface area contributed by atoms with E-state index in [0.717, 1.165) is 16.5 Å². The Labute approximate surface area is 98.0 Å². The number of aromatic nitrogens is 1. The summed E-state index contributed by atoms with van der Waals surface area (Å²) < 4.78 is 0. The Morgan fingerprint density at radius 1 is 1.56 bits per heavy atom. The normalized spacial score (nSPS) is 12.9. The largest absolute Gasteiger partial charge is 0.481 e. The van der Waals surface area contributed by atoms with Crippen LogP contribution >= 0.6 is 11.6 Å². The van der Waals surface area contributed by atoms with Crippen LogP contribution in [0.25, 0.3) is 10.9 Å². The number of hydrogen-bond acceptors (Lipinski definition) is 1. The molecule has 1 heterocycles. The number of benzene rings is 1. The zero-order valence-electron chi connectivity index (χ0n) is 8.83. The third kappa shape index (κ3) is 2.04. The Hall–Kier alpha value is -1.48. The van der Waals surface area contributed by atoms with E-state index < -0.39 is 5.97 Å². The number of aromatic amines is 1. The second-order valence-corrected chi connectivity index (χ2v) is 4.37. The van der Waals surface area contributed by atoms with Crippen LogP contribution in [0.1, 0.15) is 12.5 Å². The average Bonchev–Trinajstić information content (AvgIpc) is 2.60. The number of fused-ring (bicyclic) bond motifs is 1. The van der Waals surface area contributed by atoms with Crippen molar-refractivity contribution in [3.8, 4) is 0 Å². The van der Waals surface area contributed by atoms with Gasteiger partial charge in [-0.1, -0.05) is 24.6 Å². The van der Waals surface area contributed by atoms with Crippen LogP contribution in [0.4, 0.5) is 0 Å². The van der Waals surface area contributed by atoms with Crippen LogP contribution in [-0.2, 0) is 11.2 Å². The van der Waals surface area contributed by atoms with E-state index in [1.54, 1.807) is 13.1 Å². The molecule has 0 saturated carbocycles. The number of hydrogen-bond donors (Lipinski definition) is 2. The summed E-state index contributed by atoms with van der Waals surface area (Å²) in [6.07, 6.45) is 2.25. The number of rotatable bonds is 3. The van der Waals surface area contributed by atoms with E-state index in [4.69, 9.17) is 16.7 Å². The molecule has 0 aliphatic heterocycles. The second kappa shape index (κ2) is 4.18. The number of carboxylic acid groups (broad SMARTS) is 1. The molecule has 4 heteroatoms. The van der Waals surface area contributed by atoms with Gasteiger partial charge in [-0.3, -0.25) is 4.79 Å². The van der Waals surface area contributed by atoms with E-state index >= 15 is 0 Å². The topological polar surface area (TPSA) is 53.1 Å². The van der Waals surface area contributed by atoms with Crippen molar-refractivity contribution in [3.05, 3.63) is 35.0 Å². The van der Waals surface area contributed by atoms with Gasteiger partial charge in [0, 0.05) is 17.1 Å². The first-order valence-corrected chi connectivity index (χ1v) is 5.44. The monoisotopic (exact) mass is 237 g/mol. The first-order chi connectivity index (χ1) is 7.58. The summed E-state index contributed by atoms with van der Waals surface area (Å²) in [6, 6.07) is 5.79. The van der Waals surface area contributed by atoms with Gasteiger partial charge in [-0.25, -0.2) is 0 Å². The van der Waals surface area contributed by atoms with E-state index in [1.807, 2.05) is 18.2 Å². The highest BCUT2D eigenvalue weighted by atomic mass is 35.5. The summed E-state index contributed by atoms with van der Waals surface area (Å²) in [4.78, 5) is 13.8. The summed E-state index contributed by atoms with van der Waals surface area (Å²) >= 11 is 6.00. The van der Waals surface area contributed by atoms with E-state index in [-0.39, 0.29) is 5.92 Å². The number of H-pyrrole nitrogens is 1. The van der Waals surface area contributed by atoms with Crippen LogP contribution in [0.15, 0.2) is 24.4 Å². The Morgan fingerprint density at radius 2 is 2.31 bits per heavy atom. The Morgan fingerprint density at radius 3 is 3.00 bits per heavy atom. The fourth-order valence-corrected chi connectivity index (χ4v) is 1.91. The van der Waals surface area contributed by atoms with Gasteiger partial charge in [-0.05, 0) is 24.1 Å². The molecule has 84 valence electrons. The first-order valence-electron chi connectivity index (χ1n) is 5.06. The van der Waals surface area contributed by atoms with Gasteiger partial charge in [0.1, 0.15) is 0 Å². The van der Waals surface area contributed by atoms with Crippen LogP contribution in [0.3, 0.4) is 0 Å². The van der Waals surface area contributed by atoms with Gasteiger partial charge in [0.15, 0.2) is 0 Å². The average molecular weight is 238 g/mol. The molecule has 1 unspecified atom stereocenters. The molecule has 0 radical (unpaired) electrons. The third-order valence-corrected chi connectivity index (χ3v) is 2.97. The Balaban J connectivity index is 2.32. The molecule has 1 aromatic carbocycles. The van der Waals surface area contributed by atoms with Crippen molar-refractivity contribution in [1.82, 2.24) is 4.98 Å². The fraction of sp³-hybridized carbons (Fsp3) is 0.250. The number of nitrogens with one attached hydrogen (secondary N) is 1. The number of aliphatic carboxylic acids is 1. The van der Waals surface area contributed by atoms with Gasteiger partial charge in [0.05, 0.1) is 10.9 Å². The highest BCUT2D eigenvalue weighted by Gasteiger charge is 2.12. The summed E-state index contributed by atoms with van der Waals surface area (Å²) in [7, 11) is 0.